The largest absolute Gasteiger partial charge is 0.373 e. The van der Waals surface area contributed by atoms with Crippen LogP contribution in [0.3, 0.4) is 0 Å². The molecule has 1 aliphatic heterocycles. The van der Waals surface area contributed by atoms with Crippen LogP contribution in [-0.2, 0) is 4.79 Å². The molecule has 1 N–H and O–H groups in total. The summed E-state index contributed by atoms with van der Waals surface area (Å²) in [5.41, 5.74) is -0.538. The number of aliphatic hydroxyl groups excluding tert-OH is 1. The number of benzene rings is 1. The smallest absolute Gasteiger partial charge is 0.267 e. The fraction of sp³-hybridized carbons (Fsp3) is 0.222. The lowest BCUT2D eigenvalue weighted by molar-refractivity contribution is -0.121. The number of nitrogens with zero attached hydrogens (tertiary/aromatic N) is 1. The summed E-state index contributed by atoms with van der Waals surface area (Å²) < 4.78 is 12.9. The minimum absolute atomic E-state index is 0.0355. The minimum Gasteiger partial charge on any atom is -0.373 e. The molecule has 1 aliphatic rings. The molecule has 0 radical (unpaired) electrons. The summed E-state index contributed by atoms with van der Waals surface area (Å²) in [5.74, 6) is -0.579. The van der Waals surface area contributed by atoms with Gasteiger partial charge in [-0.25, -0.2) is 4.39 Å². The maximum Gasteiger partial charge on any atom is 0.267 e. The van der Waals surface area contributed by atoms with Crippen molar-refractivity contribution in [3.05, 3.63) is 29.0 Å². The molecule has 0 aliphatic carbocycles. The first-order valence-corrected chi connectivity index (χ1v) is 5.58. The van der Waals surface area contributed by atoms with E-state index in [4.69, 9.17) is 11.6 Å². The number of rotatable bonds is 1. The normalized spacial score (nSPS) is 21.1. The minimum atomic E-state index is -1.03. The van der Waals surface area contributed by atoms with Crippen LogP contribution in [0.25, 0.3) is 0 Å². The summed E-state index contributed by atoms with van der Waals surface area (Å²) in [4.78, 5) is 12.8. The van der Waals surface area contributed by atoms with Crippen LogP contribution in [0, 0.1) is 5.82 Å². The Morgan fingerprint density at radius 2 is 2.33 bits per heavy atom. The number of amides is 1. The van der Waals surface area contributed by atoms with Crippen molar-refractivity contribution in [3.63, 3.8) is 0 Å². The van der Waals surface area contributed by atoms with Gasteiger partial charge >= 0.3 is 0 Å². The summed E-state index contributed by atoms with van der Waals surface area (Å²) >= 11 is 6.71. The van der Waals surface area contributed by atoms with E-state index >= 15 is 0 Å². The van der Waals surface area contributed by atoms with Crippen LogP contribution in [0.1, 0.15) is 0 Å². The molecular formula is C9H7ClFNO2S. The lowest BCUT2D eigenvalue weighted by Crippen LogP contribution is -2.28. The van der Waals surface area contributed by atoms with Gasteiger partial charge in [0.1, 0.15) is 5.82 Å². The van der Waals surface area contributed by atoms with Crippen LogP contribution in [0.2, 0.25) is 5.02 Å². The van der Waals surface area contributed by atoms with Gasteiger partial charge in [-0.05, 0) is 18.2 Å². The van der Waals surface area contributed by atoms with Gasteiger partial charge in [0.05, 0.1) is 10.9 Å². The Morgan fingerprint density at radius 3 is 2.87 bits per heavy atom. The van der Waals surface area contributed by atoms with Crippen LogP contribution < -0.4 is 4.90 Å². The zero-order chi connectivity index (χ0) is 11.0. The maximum absolute atomic E-state index is 12.9. The summed E-state index contributed by atoms with van der Waals surface area (Å²) in [5, 5.41) is 9.18. The van der Waals surface area contributed by atoms with Crippen molar-refractivity contribution < 1.29 is 14.3 Å². The van der Waals surface area contributed by atoms with E-state index in [2.05, 4.69) is 0 Å². The second-order valence-corrected chi connectivity index (χ2v) is 4.46. The standard InChI is InChI=1S/C9H7ClFNO2S/c10-6-3-5(1-2-7(6)11)12-4-15-9(14)8(12)13/h1-3,9,14H,4H2. The second kappa shape index (κ2) is 4.00. The first kappa shape index (κ1) is 10.7. The molecule has 15 heavy (non-hydrogen) atoms. The Bertz CT molecular complexity index is 415. The van der Waals surface area contributed by atoms with Crippen molar-refractivity contribution in [1.82, 2.24) is 0 Å². The molecule has 1 saturated heterocycles. The van der Waals surface area contributed by atoms with E-state index in [0.717, 1.165) is 11.8 Å². The van der Waals surface area contributed by atoms with E-state index < -0.39 is 17.2 Å². The van der Waals surface area contributed by atoms with Gasteiger partial charge in [-0.1, -0.05) is 23.4 Å². The monoisotopic (exact) mass is 247 g/mol. The topological polar surface area (TPSA) is 40.5 Å². The summed E-state index contributed by atoms with van der Waals surface area (Å²) in [6.07, 6.45) is 0. The molecule has 0 spiro atoms. The molecule has 0 bridgehead atoms. The number of halogens is 2. The molecule has 0 aromatic heterocycles. The van der Waals surface area contributed by atoms with Crippen molar-refractivity contribution >= 4 is 35.0 Å². The molecule has 0 saturated carbocycles. The van der Waals surface area contributed by atoms with Gasteiger partial charge in [0.25, 0.3) is 5.91 Å². The molecule has 6 heteroatoms. The lowest BCUT2D eigenvalue weighted by Gasteiger charge is -2.14. The average Bonchev–Trinajstić information content (AvgIpc) is 2.53. The van der Waals surface area contributed by atoms with Crippen molar-refractivity contribution in [1.29, 1.82) is 0 Å². The number of hydrogen-bond donors (Lipinski definition) is 1. The molecule has 1 unspecified atom stereocenters. The van der Waals surface area contributed by atoms with Gasteiger partial charge in [0.2, 0.25) is 0 Å². The zero-order valence-electron chi connectivity index (χ0n) is 7.48. The fourth-order valence-corrected chi connectivity index (χ4v) is 2.28. The predicted octanol–water partition coefficient (Wildman–Crippen LogP) is 1.83. The van der Waals surface area contributed by atoms with Crippen molar-refractivity contribution in [2.45, 2.75) is 5.44 Å². The third-order valence-electron chi connectivity index (χ3n) is 2.05. The molecule has 1 amide bonds. The van der Waals surface area contributed by atoms with Crippen LogP contribution in [0.5, 0.6) is 0 Å². The zero-order valence-corrected chi connectivity index (χ0v) is 9.06. The van der Waals surface area contributed by atoms with Gasteiger partial charge in [0.15, 0.2) is 5.44 Å². The highest BCUT2D eigenvalue weighted by Crippen LogP contribution is 2.30. The highest BCUT2D eigenvalue weighted by Gasteiger charge is 2.31. The lowest BCUT2D eigenvalue weighted by atomic mass is 10.3. The Hall–Kier alpha value is -0.780. The van der Waals surface area contributed by atoms with Gasteiger partial charge in [-0.2, -0.15) is 0 Å². The molecule has 3 nitrogen and oxygen atoms in total. The van der Waals surface area contributed by atoms with E-state index in [1.807, 2.05) is 0 Å². The van der Waals surface area contributed by atoms with E-state index in [9.17, 15) is 14.3 Å². The van der Waals surface area contributed by atoms with E-state index in [1.165, 1.54) is 23.1 Å². The fourth-order valence-electron chi connectivity index (χ4n) is 1.27. The number of thioether (sulfide) groups is 1. The highest BCUT2D eigenvalue weighted by atomic mass is 35.5. The highest BCUT2D eigenvalue weighted by molar-refractivity contribution is 8.01. The Morgan fingerprint density at radius 1 is 1.60 bits per heavy atom. The maximum atomic E-state index is 12.9. The van der Waals surface area contributed by atoms with Crippen LogP contribution >= 0.6 is 23.4 Å². The summed E-state index contributed by atoms with van der Waals surface area (Å²) in [6, 6.07) is 4.02. The third kappa shape index (κ3) is 1.95. The van der Waals surface area contributed by atoms with Crippen LogP contribution in [0.15, 0.2) is 18.2 Å². The predicted molar refractivity (Wildman–Crippen MR) is 57.4 cm³/mol. The number of carbonyl (C=O) groups is 1. The van der Waals surface area contributed by atoms with Crippen molar-refractivity contribution in [2.75, 3.05) is 10.8 Å². The first-order chi connectivity index (χ1) is 7.09. The number of carbonyl (C=O) groups excluding carboxylic acids is 1. The van der Waals surface area contributed by atoms with Crippen molar-refractivity contribution in [3.8, 4) is 0 Å². The molecule has 1 fully saturated rings. The van der Waals surface area contributed by atoms with Gasteiger partial charge < -0.3 is 5.11 Å². The summed E-state index contributed by atoms with van der Waals surface area (Å²) in [6.45, 7) is 0. The molecular weight excluding hydrogens is 241 g/mol. The molecule has 1 atom stereocenters. The Labute approximate surface area is 94.8 Å². The van der Waals surface area contributed by atoms with Crippen molar-refractivity contribution in [2.24, 2.45) is 0 Å². The molecule has 1 aromatic rings. The molecule has 80 valence electrons. The number of hydrogen-bond acceptors (Lipinski definition) is 3. The van der Waals surface area contributed by atoms with E-state index in [0.29, 0.717) is 11.6 Å². The number of aliphatic hydroxyl groups is 1. The molecule has 2 rings (SSSR count). The molecule has 1 heterocycles. The van der Waals surface area contributed by atoms with E-state index in [-0.39, 0.29) is 5.02 Å². The van der Waals surface area contributed by atoms with Crippen LogP contribution in [-0.4, -0.2) is 22.3 Å². The number of anilines is 1. The molecule has 1 aromatic carbocycles. The third-order valence-corrected chi connectivity index (χ3v) is 3.27. The van der Waals surface area contributed by atoms with Crippen LogP contribution in [0.4, 0.5) is 10.1 Å². The van der Waals surface area contributed by atoms with Gasteiger partial charge in [-0.3, -0.25) is 9.69 Å². The summed E-state index contributed by atoms with van der Waals surface area (Å²) in [7, 11) is 0. The van der Waals surface area contributed by atoms with Gasteiger partial charge in [-0.15, -0.1) is 0 Å². The average molecular weight is 248 g/mol. The Kier molecular flexibility index (Phi) is 2.86. The van der Waals surface area contributed by atoms with E-state index in [1.54, 1.807) is 0 Å². The Balaban J connectivity index is 2.31. The van der Waals surface area contributed by atoms with Gasteiger partial charge in [0, 0.05) is 5.69 Å². The SMILES string of the molecule is O=C1C(O)SCN1c1ccc(F)c(Cl)c1. The quantitative estimate of drug-likeness (QED) is 0.823. The second-order valence-electron chi connectivity index (χ2n) is 3.01. The first-order valence-electron chi connectivity index (χ1n) is 4.15.